The number of amides is 1. The second-order valence-corrected chi connectivity index (χ2v) is 7.94. The van der Waals surface area contributed by atoms with Gasteiger partial charge in [0.15, 0.2) is 0 Å². The van der Waals surface area contributed by atoms with Crippen LogP contribution in [0.5, 0.6) is 0 Å². The SMILES string of the molecule is Cl.O=C1COC2(CCN(CCc3ccccc3)CC2)CN1CCc1ccccn1. The fourth-order valence-corrected chi connectivity index (χ4v) is 4.21. The molecule has 1 spiro atoms. The first-order chi connectivity index (χ1) is 13.7. The highest BCUT2D eigenvalue weighted by atomic mass is 35.5. The van der Waals surface area contributed by atoms with Crippen LogP contribution in [0, 0.1) is 0 Å². The van der Waals surface area contributed by atoms with E-state index in [9.17, 15) is 4.79 Å². The van der Waals surface area contributed by atoms with Gasteiger partial charge in [0.05, 0.1) is 5.60 Å². The zero-order valence-corrected chi connectivity index (χ0v) is 17.7. The molecule has 0 unspecified atom stereocenters. The summed E-state index contributed by atoms with van der Waals surface area (Å²) in [7, 11) is 0. The fourth-order valence-electron chi connectivity index (χ4n) is 4.21. The van der Waals surface area contributed by atoms with E-state index in [1.807, 2.05) is 29.3 Å². The van der Waals surface area contributed by atoms with Gasteiger partial charge in [-0.1, -0.05) is 36.4 Å². The molecule has 1 amide bonds. The molecule has 0 atom stereocenters. The highest BCUT2D eigenvalue weighted by Crippen LogP contribution is 2.30. The summed E-state index contributed by atoms with van der Waals surface area (Å²) in [5, 5.41) is 0. The summed E-state index contributed by atoms with van der Waals surface area (Å²) >= 11 is 0. The van der Waals surface area contributed by atoms with Crippen LogP contribution >= 0.6 is 12.4 Å². The average Bonchev–Trinajstić information content (AvgIpc) is 2.76. The molecule has 0 radical (unpaired) electrons. The largest absolute Gasteiger partial charge is 0.363 e. The number of piperidine rings is 1. The minimum atomic E-state index is -0.165. The van der Waals surface area contributed by atoms with E-state index >= 15 is 0 Å². The summed E-state index contributed by atoms with van der Waals surface area (Å²) < 4.78 is 6.08. The van der Waals surface area contributed by atoms with Crippen LogP contribution in [0.2, 0.25) is 0 Å². The number of hydrogen-bond acceptors (Lipinski definition) is 4. The summed E-state index contributed by atoms with van der Waals surface area (Å²) in [6.07, 6.45) is 5.68. The number of aromatic nitrogens is 1. The van der Waals surface area contributed by atoms with Crippen LogP contribution in [0.25, 0.3) is 0 Å². The van der Waals surface area contributed by atoms with Crippen LogP contribution in [-0.2, 0) is 22.4 Å². The number of benzene rings is 1. The van der Waals surface area contributed by atoms with Gasteiger partial charge < -0.3 is 14.5 Å². The molecule has 29 heavy (non-hydrogen) atoms. The first kappa shape index (κ1) is 21.8. The zero-order chi connectivity index (χ0) is 19.2. The average molecular weight is 416 g/mol. The highest BCUT2D eigenvalue weighted by Gasteiger charge is 2.41. The molecule has 2 aromatic rings. The van der Waals surface area contributed by atoms with Crippen LogP contribution in [0.15, 0.2) is 54.7 Å². The summed E-state index contributed by atoms with van der Waals surface area (Å²) in [5.41, 5.74) is 2.26. The summed E-state index contributed by atoms with van der Waals surface area (Å²) in [4.78, 5) is 21.2. The van der Waals surface area contributed by atoms with Crippen molar-refractivity contribution < 1.29 is 9.53 Å². The third kappa shape index (κ3) is 5.78. The van der Waals surface area contributed by atoms with Crippen molar-refractivity contribution in [2.75, 3.05) is 39.3 Å². The van der Waals surface area contributed by atoms with E-state index < -0.39 is 0 Å². The Morgan fingerprint density at radius 1 is 0.966 bits per heavy atom. The van der Waals surface area contributed by atoms with Gasteiger partial charge in [-0.25, -0.2) is 0 Å². The van der Waals surface area contributed by atoms with Crippen molar-refractivity contribution in [3.63, 3.8) is 0 Å². The first-order valence-electron chi connectivity index (χ1n) is 10.3. The van der Waals surface area contributed by atoms with Crippen LogP contribution in [-0.4, -0.2) is 65.6 Å². The van der Waals surface area contributed by atoms with Crippen LogP contribution in [0.3, 0.4) is 0 Å². The summed E-state index contributed by atoms with van der Waals surface area (Å²) in [6.45, 7) is 4.81. The predicted octanol–water partition coefficient (Wildman–Crippen LogP) is 2.98. The topological polar surface area (TPSA) is 45.7 Å². The van der Waals surface area contributed by atoms with E-state index in [4.69, 9.17) is 4.74 Å². The molecule has 0 saturated carbocycles. The molecule has 4 rings (SSSR count). The lowest BCUT2D eigenvalue weighted by molar-refractivity contribution is -0.171. The second kappa shape index (κ2) is 10.2. The Kier molecular flexibility index (Phi) is 7.64. The van der Waals surface area contributed by atoms with Crippen molar-refractivity contribution >= 4 is 18.3 Å². The number of halogens is 1. The van der Waals surface area contributed by atoms with Crippen LogP contribution in [0.1, 0.15) is 24.1 Å². The number of nitrogens with zero attached hydrogens (tertiary/aromatic N) is 3. The maximum Gasteiger partial charge on any atom is 0.248 e. The van der Waals surface area contributed by atoms with E-state index in [0.29, 0.717) is 6.54 Å². The van der Waals surface area contributed by atoms with Crippen molar-refractivity contribution in [3.05, 3.63) is 66.0 Å². The molecule has 1 aromatic carbocycles. The van der Waals surface area contributed by atoms with Crippen molar-refractivity contribution in [3.8, 4) is 0 Å². The molecular formula is C23H30ClN3O2. The van der Waals surface area contributed by atoms with Crippen LogP contribution < -0.4 is 0 Å². The molecule has 0 N–H and O–H groups in total. The third-order valence-electron chi connectivity index (χ3n) is 6.02. The lowest BCUT2D eigenvalue weighted by atomic mass is 9.89. The fraction of sp³-hybridized carbons (Fsp3) is 0.478. The molecule has 0 aliphatic carbocycles. The van der Waals surface area contributed by atoms with Gasteiger partial charge in [-0.05, 0) is 37.0 Å². The van der Waals surface area contributed by atoms with Crippen LogP contribution in [0.4, 0.5) is 0 Å². The molecule has 2 fully saturated rings. The number of morpholine rings is 1. The molecule has 2 saturated heterocycles. The Bertz CT molecular complexity index is 764. The number of carbonyl (C=O) groups is 1. The van der Waals surface area contributed by atoms with Crippen molar-refractivity contribution in [2.24, 2.45) is 0 Å². The van der Waals surface area contributed by atoms with E-state index in [2.05, 4.69) is 40.2 Å². The molecule has 3 heterocycles. The molecule has 156 valence electrons. The van der Waals surface area contributed by atoms with Crippen molar-refractivity contribution in [1.82, 2.24) is 14.8 Å². The maximum absolute atomic E-state index is 12.3. The molecule has 1 aromatic heterocycles. The quantitative estimate of drug-likeness (QED) is 0.727. The minimum absolute atomic E-state index is 0. The van der Waals surface area contributed by atoms with Gasteiger partial charge in [0.25, 0.3) is 0 Å². The Morgan fingerprint density at radius 2 is 1.72 bits per heavy atom. The number of ether oxygens (including phenoxy) is 1. The lowest BCUT2D eigenvalue weighted by Crippen LogP contribution is -2.59. The Balaban J connectivity index is 0.00000240. The summed E-state index contributed by atoms with van der Waals surface area (Å²) in [6, 6.07) is 16.6. The molecule has 0 bridgehead atoms. The Labute approximate surface area is 179 Å². The van der Waals surface area contributed by atoms with Gasteiger partial charge in [-0.3, -0.25) is 9.78 Å². The lowest BCUT2D eigenvalue weighted by Gasteiger charge is -2.47. The highest BCUT2D eigenvalue weighted by molar-refractivity contribution is 5.85. The number of pyridine rings is 1. The molecule has 2 aliphatic heterocycles. The van der Waals surface area contributed by atoms with E-state index in [0.717, 1.165) is 57.6 Å². The summed E-state index contributed by atoms with van der Waals surface area (Å²) in [5.74, 6) is 0.105. The van der Waals surface area contributed by atoms with Gasteiger partial charge >= 0.3 is 0 Å². The first-order valence-corrected chi connectivity index (χ1v) is 10.3. The Morgan fingerprint density at radius 3 is 2.45 bits per heavy atom. The smallest absolute Gasteiger partial charge is 0.248 e. The van der Waals surface area contributed by atoms with Crippen molar-refractivity contribution in [1.29, 1.82) is 0 Å². The molecule has 6 heteroatoms. The standard InChI is InChI=1S/C23H29N3O2.ClH/c27-22-18-28-23(19-26(22)15-10-21-8-4-5-13-24-21)11-16-25(17-12-23)14-9-20-6-2-1-3-7-20;/h1-8,13H,9-12,14-19H2;1H. The number of likely N-dealkylation sites (tertiary alicyclic amines) is 1. The minimum Gasteiger partial charge on any atom is -0.363 e. The molecule has 5 nitrogen and oxygen atoms in total. The predicted molar refractivity (Wildman–Crippen MR) is 116 cm³/mol. The van der Waals surface area contributed by atoms with Gasteiger partial charge in [-0.2, -0.15) is 0 Å². The van der Waals surface area contributed by atoms with Gasteiger partial charge in [-0.15, -0.1) is 12.4 Å². The van der Waals surface area contributed by atoms with E-state index in [-0.39, 0.29) is 30.5 Å². The molecule has 2 aliphatic rings. The Hall–Kier alpha value is -1.95. The van der Waals surface area contributed by atoms with E-state index in [1.54, 1.807) is 0 Å². The van der Waals surface area contributed by atoms with Gasteiger partial charge in [0, 0.05) is 51.0 Å². The number of hydrogen-bond donors (Lipinski definition) is 0. The second-order valence-electron chi connectivity index (χ2n) is 7.94. The van der Waals surface area contributed by atoms with Gasteiger partial charge in [0.2, 0.25) is 5.91 Å². The third-order valence-corrected chi connectivity index (χ3v) is 6.02. The number of rotatable bonds is 6. The number of carbonyl (C=O) groups excluding carboxylic acids is 1. The maximum atomic E-state index is 12.3. The van der Waals surface area contributed by atoms with Gasteiger partial charge in [0.1, 0.15) is 6.61 Å². The van der Waals surface area contributed by atoms with E-state index in [1.165, 1.54) is 5.56 Å². The normalized spacial score (nSPS) is 19.2. The zero-order valence-electron chi connectivity index (χ0n) is 16.8. The van der Waals surface area contributed by atoms with Crippen molar-refractivity contribution in [2.45, 2.75) is 31.3 Å². The monoisotopic (exact) mass is 415 g/mol. The molecular weight excluding hydrogens is 386 g/mol.